The molecule has 2 atom stereocenters. The molecule has 0 aliphatic heterocycles. The first kappa shape index (κ1) is 13.5. The van der Waals surface area contributed by atoms with Gasteiger partial charge < -0.3 is 14.5 Å². The Kier molecular flexibility index (Phi) is 4.50. The van der Waals surface area contributed by atoms with Gasteiger partial charge in [0.05, 0.1) is 24.7 Å². The minimum atomic E-state index is 0.206. The standard InChI is InChI=1S/C16H21NO2/c1-4-12(2)19-16-7-5-6-15(10-16)17-13(3)14-8-9-18-11-14/h5-13,17H,4H2,1-3H3. The normalized spacial score (nSPS) is 13.8. The molecule has 19 heavy (non-hydrogen) atoms. The second-order valence-corrected chi connectivity index (χ2v) is 4.79. The maximum Gasteiger partial charge on any atom is 0.121 e. The van der Waals surface area contributed by atoms with E-state index in [0.29, 0.717) is 0 Å². The number of anilines is 1. The van der Waals surface area contributed by atoms with Crippen molar-refractivity contribution in [2.75, 3.05) is 5.32 Å². The number of rotatable bonds is 6. The van der Waals surface area contributed by atoms with Crippen LogP contribution < -0.4 is 10.1 Å². The Balaban J connectivity index is 2.02. The van der Waals surface area contributed by atoms with Crippen molar-refractivity contribution in [2.45, 2.75) is 39.3 Å². The third kappa shape index (κ3) is 3.78. The van der Waals surface area contributed by atoms with Crippen LogP contribution in [0.1, 0.15) is 38.8 Å². The van der Waals surface area contributed by atoms with Crippen molar-refractivity contribution in [3.63, 3.8) is 0 Å². The van der Waals surface area contributed by atoms with Gasteiger partial charge in [0, 0.05) is 17.3 Å². The predicted octanol–water partition coefficient (Wildman–Crippen LogP) is 4.63. The minimum absolute atomic E-state index is 0.206. The maximum atomic E-state index is 5.82. The van der Waals surface area contributed by atoms with E-state index in [1.165, 1.54) is 0 Å². The lowest BCUT2D eigenvalue weighted by molar-refractivity contribution is 0.217. The molecule has 2 aromatic rings. The number of hydrogen-bond donors (Lipinski definition) is 1. The molecule has 0 aliphatic rings. The zero-order chi connectivity index (χ0) is 13.7. The monoisotopic (exact) mass is 259 g/mol. The van der Waals surface area contributed by atoms with Gasteiger partial charge in [0.15, 0.2) is 0 Å². The molecule has 0 bridgehead atoms. The number of furan rings is 1. The molecule has 2 unspecified atom stereocenters. The van der Waals surface area contributed by atoms with Gasteiger partial charge in [-0.1, -0.05) is 13.0 Å². The highest BCUT2D eigenvalue weighted by atomic mass is 16.5. The molecule has 3 nitrogen and oxygen atoms in total. The smallest absolute Gasteiger partial charge is 0.121 e. The average Bonchev–Trinajstić information content (AvgIpc) is 2.93. The predicted molar refractivity (Wildman–Crippen MR) is 77.6 cm³/mol. The van der Waals surface area contributed by atoms with Crippen LogP contribution in [0.3, 0.4) is 0 Å². The lowest BCUT2D eigenvalue weighted by atomic mass is 10.1. The van der Waals surface area contributed by atoms with Gasteiger partial charge in [-0.25, -0.2) is 0 Å². The van der Waals surface area contributed by atoms with E-state index in [4.69, 9.17) is 9.15 Å². The lowest BCUT2D eigenvalue weighted by Crippen LogP contribution is -2.10. The summed E-state index contributed by atoms with van der Waals surface area (Å²) in [5.41, 5.74) is 2.18. The Morgan fingerprint density at radius 1 is 1.26 bits per heavy atom. The van der Waals surface area contributed by atoms with Gasteiger partial charge in [0.2, 0.25) is 0 Å². The van der Waals surface area contributed by atoms with E-state index in [1.54, 1.807) is 12.5 Å². The van der Waals surface area contributed by atoms with Crippen molar-refractivity contribution >= 4 is 5.69 Å². The zero-order valence-corrected chi connectivity index (χ0v) is 11.7. The highest BCUT2D eigenvalue weighted by molar-refractivity contribution is 5.49. The molecule has 2 rings (SSSR count). The Morgan fingerprint density at radius 3 is 2.79 bits per heavy atom. The average molecular weight is 259 g/mol. The fraction of sp³-hybridized carbons (Fsp3) is 0.375. The summed E-state index contributed by atoms with van der Waals surface area (Å²) in [5.74, 6) is 0.902. The minimum Gasteiger partial charge on any atom is -0.491 e. The highest BCUT2D eigenvalue weighted by Gasteiger charge is 2.07. The van der Waals surface area contributed by atoms with Crippen LogP contribution in [0.5, 0.6) is 5.75 Å². The Morgan fingerprint density at radius 2 is 2.11 bits per heavy atom. The molecular formula is C16H21NO2. The van der Waals surface area contributed by atoms with Crippen molar-refractivity contribution in [3.05, 3.63) is 48.4 Å². The van der Waals surface area contributed by atoms with Gasteiger partial charge in [-0.2, -0.15) is 0 Å². The molecule has 1 aromatic carbocycles. The summed E-state index contributed by atoms with van der Waals surface area (Å²) in [5, 5.41) is 3.44. The van der Waals surface area contributed by atoms with Gasteiger partial charge in [-0.05, 0) is 38.5 Å². The van der Waals surface area contributed by atoms with Crippen LogP contribution in [0.2, 0.25) is 0 Å². The Hall–Kier alpha value is -1.90. The van der Waals surface area contributed by atoms with Gasteiger partial charge in [-0.3, -0.25) is 0 Å². The Labute approximate surface area is 114 Å². The molecule has 0 saturated heterocycles. The number of ether oxygens (including phenoxy) is 1. The van der Waals surface area contributed by atoms with Crippen LogP contribution in [-0.4, -0.2) is 6.10 Å². The molecule has 0 aliphatic carbocycles. The van der Waals surface area contributed by atoms with Crippen LogP contribution in [0.25, 0.3) is 0 Å². The van der Waals surface area contributed by atoms with E-state index < -0.39 is 0 Å². The van der Waals surface area contributed by atoms with Gasteiger partial charge >= 0.3 is 0 Å². The van der Waals surface area contributed by atoms with Crippen LogP contribution in [0, 0.1) is 0 Å². The molecule has 0 fully saturated rings. The molecule has 1 aromatic heterocycles. The second kappa shape index (κ2) is 6.32. The largest absolute Gasteiger partial charge is 0.491 e. The van der Waals surface area contributed by atoms with Crippen LogP contribution in [-0.2, 0) is 0 Å². The second-order valence-electron chi connectivity index (χ2n) is 4.79. The summed E-state index contributed by atoms with van der Waals surface area (Å²) in [7, 11) is 0. The molecule has 0 saturated carbocycles. The SMILES string of the molecule is CCC(C)Oc1cccc(NC(C)c2ccoc2)c1. The van der Waals surface area contributed by atoms with Crippen molar-refractivity contribution in [2.24, 2.45) is 0 Å². The van der Waals surface area contributed by atoms with Crippen molar-refractivity contribution < 1.29 is 9.15 Å². The van der Waals surface area contributed by atoms with E-state index in [-0.39, 0.29) is 12.1 Å². The molecule has 3 heteroatoms. The number of hydrogen-bond acceptors (Lipinski definition) is 3. The number of benzene rings is 1. The summed E-state index contributed by atoms with van der Waals surface area (Å²) < 4.78 is 10.9. The van der Waals surface area contributed by atoms with Crippen molar-refractivity contribution in [1.29, 1.82) is 0 Å². The summed E-state index contributed by atoms with van der Waals surface area (Å²) in [6.07, 6.45) is 4.69. The van der Waals surface area contributed by atoms with E-state index in [9.17, 15) is 0 Å². The third-order valence-corrected chi connectivity index (χ3v) is 3.17. The molecular weight excluding hydrogens is 238 g/mol. The number of nitrogens with one attached hydrogen (secondary N) is 1. The van der Waals surface area contributed by atoms with Gasteiger partial charge in [0.1, 0.15) is 5.75 Å². The Bertz CT molecular complexity index is 493. The topological polar surface area (TPSA) is 34.4 Å². The fourth-order valence-electron chi connectivity index (χ4n) is 1.83. The summed E-state index contributed by atoms with van der Waals surface area (Å²) in [6.45, 7) is 6.30. The van der Waals surface area contributed by atoms with E-state index in [1.807, 2.05) is 30.3 Å². The van der Waals surface area contributed by atoms with E-state index in [2.05, 4.69) is 26.1 Å². The lowest BCUT2D eigenvalue weighted by Gasteiger charge is -2.16. The quantitative estimate of drug-likeness (QED) is 0.821. The highest BCUT2D eigenvalue weighted by Crippen LogP contribution is 2.23. The third-order valence-electron chi connectivity index (χ3n) is 3.17. The van der Waals surface area contributed by atoms with Crippen molar-refractivity contribution in [1.82, 2.24) is 0 Å². The first-order chi connectivity index (χ1) is 9.19. The summed E-state index contributed by atoms with van der Waals surface area (Å²) >= 11 is 0. The molecule has 0 amide bonds. The molecule has 102 valence electrons. The van der Waals surface area contributed by atoms with Crippen LogP contribution in [0.4, 0.5) is 5.69 Å². The van der Waals surface area contributed by atoms with E-state index in [0.717, 1.165) is 23.4 Å². The first-order valence-corrected chi connectivity index (χ1v) is 6.74. The molecule has 1 heterocycles. The molecule has 0 spiro atoms. The van der Waals surface area contributed by atoms with Gasteiger partial charge in [0.25, 0.3) is 0 Å². The molecule has 0 radical (unpaired) electrons. The molecule has 1 N–H and O–H groups in total. The van der Waals surface area contributed by atoms with Crippen LogP contribution in [0.15, 0.2) is 47.3 Å². The first-order valence-electron chi connectivity index (χ1n) is 6.74. The zero-order valence-electron chi connectivity index (χ0n) is 11.7. The fourth-order valence-corrected chi connectivity index (χ4v) is 1.83. The van der Waals surface area contributed by atoms with Gasteiger partial charge in [-0.15, -0.1) is 0 Å². The summed E-state index contributed by atoms with van der Waals surface area (Å²) in [4.78, 5) is 0. The van der Waals surface area contributed by atoms with Crippen LogP contribution >= 0.6 is 0 Å². The van der Waals surface area contributed by atoms with Crippen molar-refractivity contribution in [3.8, 4) is 5.75 Å². The maximum absolute atomic E-state index is 5.82. The van der Waals surface area contributed by atoms with E-state index >= 15 is 0 Å². The summed E-state index contributed by atoms with van der Waals surface area (Å²) in [6, 6.07) is 10.2.